The lowest BCUT2D eigenvalue weighted by Crippen LogP contribution is -2.53. The normalized spacial score (nSPS) is 14.3. The molecule has 21 heavy (non-hydrogen) atoms. The Morgan fingerprint density at radius 2 is 2.29 bits per heavy atom. The fourth-order valence-corrected chi connectivity index (χ4v) is 3.08. The van der Waals surface area contributed by atoms with Gasteiger partial charge >= 0.3 is 0 Å². The van der Waals surface area contributed by atoms with Gasteiger partial charge in [0.25, 0.3) is 11.5 Å². The fraction of sp³-hybridized carbons (Fsp3) is 0.500. The van der Waals surface area contributed by atoms with Gasteiger partial charge in [-0.25, -0.2) is 4.98 Å². The highest BCUT2D eigenvalue weighted by atomic mass is 32.1. The van der Waals surface area contributed by atoms with E-state index in [1.807, 2.05) is 6.92 Å². The first-order chi connectivity index (χ1) is 9.86. The third kappa shape index (κ3) is 3.30. The average Bonchev–Trinajstić information content (AvgIpc) is 2.87. The third-order valence-electron chi connectivity index (χ3n) is 3.31. The van der Waals surface area contributed by atoms with Crippen molar-refractivity contribution in [2.24, 2.45) is 11.7 Å². The summed E-state index contributed by atoms with van der Waals surface area (Å²) < 4.78 is 1.38. The van der Waals surface area contributed by atoms with Gasteiger partial charge in [0.05, 0.1) is 0 Å². The van der Waals surface area contributed by atoms with Crippen LogP contribution >= 0.6 is 11.3 Å². The minimum Gasteiger partial charge on any atom is -0.345 e. The predicted molar refractivity (Wildman–Crippen MR) is 83.7 cm³/mol. The van der Waals surface area contributed by atoms with Crippen LogP contribution in [0.2, 0.25) is 0 Å². The highest BCUT2D eigenvalue weighted by Crippen LogP contribution is 2.16. The number of hydrogen-bond acceptors (Lipinski definition) is 5. The molecular formula is C14H20N4O2S. The lowest BCUT2D eigenvalue weighted by Gasteiger charge is -2.31. The van der Waals surface area contributed by atoms with Crippen LogP contribution in [0.4, 0.5) is 0 Å². The van der Waals surface area contributed by atoms with Gasteiger partial charge in [-0.2, -0.15) is 0 Å². The summed E-state index contributed by atoms with van der Waals surface area (Å²) in [5.74, 6) is -0.0425. The van der Waals surface area contributed by atoms with Crippen LogP contribution in [0.3, 0.4) is 0 Å². The summed E-state index contributed by atoms with van der Waals surface area (Å²) in [6, 6.07) is 0. The molecular weight excluding hydrogens is 288 g/mol. The second-order valence-corrected chi connectivity index (χ2v) is 6.72. The van der Waals surface area contributed by atoms with E-state index in [2.05, 4.69) is 24.1 Å². The first kappa shape index (κ1) is 15.7. The SMILES string of the molecule is CC(C)CC(C)(CN)NC(=O)c1cnc2sccn2c1=O. The van der Waals surface area contributed by atoms with Gasteiger partial charge in [0, 0.05) is 29.9 Å². The monoisotopic (exact) mass is 308 g/mol. The third-order valence-corrected chi connectivity index (χ3v) is 4.08. The molecule has 2 heterocycles. The van der Waals surface area contributed by atoms with Gasteiger partial charge in [0.15, 0.2) is 4.96 Å². The minimum absolute atomic E-state index is 0.0364. The molecule has 0 aliphatic rings. The van der Waals surface area contributed by atoms with Crippen molar-refractivity contribution in [1.82, 2.24) is 14.7 Å². The smallest absolute Gasteiger partial charge is 0.271 e. The van der Waals surface area contributed by atoms with E-state index in [9.17, 15) is 9.59 Å². The quantitative estimate of drug-likeness (QED) is 0.870. The molecule has 0 aliphatic heterocycles. The van der Waals surface area contributed by atoms with E-state index in [1.165, 1.54) is 21.9 Å². The summed E-state index contributed by atoms with van der Waals surface area (Å²) in [7, 11) is 0. The number of nitrogens with zero attached hydrogens (tertiary/aromatic N) is 2. The number of fused-ring (bicyclic) bond motifs is 1. The van der Waals surface area contributed by atoms with E-state index in [1.54, 1.807) is 11.6 Å². The lowest BCUT2D eigenvalue weighted by molar-refractivity contribution is 0.0896. The maximum atomic E-state index is 12.4. The predicted octanol–water partition coefficient (Wildman–Crippen LogP) is 1.25. The van der Waals surface area contributed by atoms with Crippen LogP contribution < -0.4 is 16.6 Å². The van der Waals surface area contributed by atoms with Crippen molar-refractivity contribution in [1.29, 1.82) is 0 Å². The van der Waals surface area contributed by atoms with Crippen LogP contribution in [0.25, 0.3) is 4.96 Å². The number of amides is 1. The van der Waals surface area contributed by atoms with Gasteiger partial charge in [0.2, 0.25) is 0 Å². The standard InChI is InChI=1S/C14H20N4O2S/c1-9(2)6-14(3,8-15)17-11(19)10-7-16-13-18(12(10)20)4-5-21-13/h4-5,7,9H,6,8,15H2,1-3H3,(H,17,19). The van der Waals surface area contributed by atoms with Crippen LogP contribution in [0, 0.1) is 5.92 Å². The summed E-state index contributed by atoms with van der Waals surface area (Å²) in [5, 5.41) is 4.63. The van der Waals surface area contributed by atoms with E-state index in [0.29, 0.717) is 17.4 Å². The summed E-state index contributed by atoms with van der Waals surface area (Å²) in [6.07, 6.45) is 3.68. The number of nitrogens with one attached hydrogen (secondary N) is 1. The van der Waals surface area contributed by atoms with Crippen molar-refractivity contribution in [2.75, 3.05) is 6.54 Å². The molecule has 0 saturated carbocycles. The summed E-state index contributed by atoms with van der Waals surface area (Å²) in [5.41, 5.74) is 4.92. The second-order valence-electron chi connectivity index (χ2n) is 5.85. The van der Waals surface area contributed by atoms with Gasteiger partial charge in [-0.05, 0) is 19.3 Å². The van der Waals surface area contributed by atoms with E-state index in [4.69, 9.17) is 5.73 Å². The van der Waals surface area contributed by atoms with Crippen LogP contribution in [0.15, 0.2) is 22.6 Å². The Kier molecular flexibility index (Phi) is 4.43. The Balaban J connectivity index is 2.29. The topological polar surface area (TPSA) is 89.5 Å². The summed E-state index contributed by atoms with van der Waals surface area (Å²) >= 11 is 1.35. The van der Waals surface area contributed by atoms with Crippen molar-refractivity contribution in [3.05, 3.63) is 33.7 Å². The number of rotatable bonds is 5. The van der Waals surface area contributed by atoms with E-state index in [0.717, 1.165) is 6.42 Å². The van der Waals surface area contributed by atoms with Crippen molar-refractivity contribution < 1.29 is 4.79 Å². The molecule has 7 heteroatoms. The molecule has 114 valence electrons. The van der Waals surface area contributed by atoms with Gasteiger partial charge in [-0.1, -0.05) is 13.8 Å². The van der Waals surface area contributed by atoms with Crippen LogP contribution in [-0.4, -0.2) is 27.4 Å². The molecule has 0 spiro atoms. The van der Waals surface area contributed by atoms with Crippen molar-refractivity contribution in [3.63, 3.8) is 0 Å². The maximum absolute atomic E-state index is 12.4. The van der Waals surface area contributed by atoms with Crippen LogP contribution in [-0.2, 0) is 0 Å². The fourth-order valence-electron chi connectivity index (χ4n) is 2.41. The Labute approximate surface area is 127 Å². The molecule has 2 aromatic heterocycles. The summed E-state index contributed by atoms with van der Waals surface area (Å²) in [6.45, 7) is 6.33. The number of thiazole rings is 1. The number of hydrogen-bond donors (Lipinski definition) is 2. The first-order valence-electron chi connectivity index (χ1n) is 6.84. The molecule has 0 aromatic carbocycles. The zero-order valence-electron chi connectivity index (χ0n) is 12.4. The zero-order valence-corrected chi connectivity index (χ0v) is 13.2. The number of nitrogens with two attached hydrogens (primary N) is 1. The highest BCUT2D eigenvalue weighted by molar-refractivity contribution is 7.15. The molecule has 3 N–H and O–H groups in total. The van der Waals surface area contributed by atoms with Crippen molar-refractivity contribution >= 4 is 22.2 Å². The van der Waals surface area contributed by atoms with Gasteiger partial charge in [-0.3, -0.25) is 14.0 Å². The second kappa shape index (κ2) is 5.95. The number of carbonyl (C=O) groups excluding carboxylic acids is 1. The maximum Gasteiger partial charge on any atom is 0.271 e. The molecule has 1 amide bonds. The Bertz CT molecular complexity index is 706. The van der Waals surface area contributed by atoms with Crippen molar-refractivity contribution in [2.45, 2.75) is 32.7 Å². The molecule has 0 aliphatic carbocycles. The molecule has 0 saturated heterocycles. The number of aromatic nitrogens is 2. The molecule has 2 rings (SSSR count). The molecule has 0 radical (unpaired) electrons. The molecule has 6 nitrogen and oxygen atoms in total. The van der Waals surface area contributed by atoms with E-state index in [-0.39, 0.29) is 11.1 Å². The molecule has 0 fully saturated rings. The van der Waals surface area contributed by atoms with Gasteiger partial charge in [0.1, 0.15) is 5.56 Å². The minimum atomic E-state index is -0.536. The average molecular weight is 308 g/mol. The molecule has 0 bridgehead atoms. The van der Waals surface area contributed by atoms with Gasteiger partial charge in [-0.15, -0.1) is 11.3 Å². The Morgan fingerprint density at radius 3 is 2.90 bits per heavy atom. The highest BCUT2D eigenvalue weighted by Gasteiger charge is 2.27. The lowest BCUT2D eigenvalue weighted by atomic mass is 9.90. The molecule has 2 aromatic rings. The summed E-state index contributed by atoms with van der Waals surface area (Å²) in [4.78, 5) is 29.3. The molecule has 1 unspecified atom stereocenters. The van der Waals surface area contributed by atoms with Crippen LogP contribution in [0.5, 0.6) is 0 Å². The first-order valence-corrected chi connectivity index (χ1v) is 7.72. The van der Waals surface area contributed by atoms with Gasteiger partial charge < -0.3 is 11.1 Å². The Morgan fingerprint density at radius 1 is 1.57 bits per heavy atom. The van der Waals surface area contributed by atoms with Crippen molar-refractivity contribution in [3.8, 4) is 0 Å². The molecule has 1 atom stereocenters. The largest absolute Gasteiger partial charge is 0.345 e. The van der Waals surface area contributed by atoms with Crippen LogP contribution in [0.1, 0.15) is 37.6 Å². The zero-order chi connectivity index (χ0) is 15.6. The van der Waals surface area contributed by atoms with E-state index >= 15 is 0 Å². The Hall–Kier alpha value is -1.73. The van der Waals surface area contributed by atoms with E-state index < -0.39 is 11.4 Å². The number of carbonyl (C=O) groups is 1.